The summed E-state index contributed by atoms with van der Waals surface area (Å²) >= 11 is 1.57. The van der Waals surface area contributed by atoms with Gasteiger partial charge in [0.15, 0.2) is 0 Å². The summed E-state index contributed by atoms with van der Waals surface area (Å²) in [5.41, 5.74) is 14.0. The Bertz CT molecular complexity index is 747. The van der Waals surface area contributed by atoms with Crippen molar-refractivity contribution in [1.82, 2.24) is 14.8 Å². The highest BCUT2D eigenvalue weighted by Gasteiger charge is 2.09. The molecule has 0 amide bonds. The maximum absolute atomic E-state index is 5.84. The van der Waals surface area contributed by atoms with Crippen LogP contribution in [0.1, 0.15) is 5.01 Å². The summed E-state index contributed by atoms with van der Waals surface area (Å²) < 4.78 is 6.79. The number of methoxy groups -OCH3 is 1. The number of ether oxygens (including phenoxy) is 1. The van der Waals surface area contributed by atoms with Gasteiger partial charge in [0.1, 0.15) is 16.6 Å². The van der Waals surface area contributed by atoms with E-state index in [-0.39, 0.29) is 0 Å². The lowest BCUT2D eigenvalue weighted by Crippen LogP contribution is -2.06. The van der Waals surface area contributed by atoms with Crippen LogP contribution in [0, 0.1) is 0 Å². The van der Waals surface area contributed by atoms with Crippen LogP contribution in [0.5, 0.6) is 5.75 Å². The molecule has 0 spiro atoms. The fourth-order valence-corrected chi connectivity index (χ4v) is 2.73. The fraction of sp³-hybridized carbons (Fsp3) is 0.143. The maximum atomic E-state index is 5.84. The summed E-state index contributed by atoms with van der Waals surface area (Å²) in [4.78, 5) is 4.60. The molecule has 0 fully saturated rings. The lowest BCUT2D eigenvalue weighted by Gasteiger charge is -2.02. The van der Waals surface area contributed by atoms with Gasteiger partial charge < -0.3 is 16.2 Å². The average Bonchev–Trinajstić information content (AvgIpc) is 3.10. The number of rotatable bonds is 4. The standard InChI is InChI=1S/C14H15N5OS/c1-20-10-4-2-9(3-5-10)12-8-21-13(18-12)7-19-14(16)11(15)6-17-19/h2-6,8H,7,15-16H2,1H3. The van der Waals surface area contributed by atoms with Gasteiger partial charge in [-0.2, -0.15) is 5.10 Å². The molecule has 0 saturated heterocycles. The van der Waals surface area contributed by atoms with Gasteiger partial charge in [0, 0.05) is 10.9 Å². The van der Waals surface area contributed by atoms with E-state index in [0.717, 1.165) is 22.0 Å². The summed E-state index contributed by atoms with van der Waals surface area (Å²) in [6, 6.07) is 7.80. The SMILES string of the molecule is COc1ccc(-c2csc(Cn3ncc(N)c3N)n2)cc1. The summed E-state index contributed by atoms with van der Waals surface area (Å²) in [7, 11) is 1.65. The van der Waals surface area contributed by atoms with Crippen molar-refractivity contribution in [3.8, 4) is 17.0 Å². The third-order valence-electron chi connectivity index (χ3n) is 3.13. The summed E-state index contributed by atoms with van der Waals surface area (Å²) in [6.07, 6.45) is 1.55. The highest BCUT2D eigenvalue weighted by Crippen LogP contribution is 2.25. The molecule has 2 aromatic heterocycles. The third kappa shape index (κ3) is 2.68. The molecule has 0 bridgehead atoms. The Hall–Kier alpha value is -2.54. The Balaban J connectivity index is 1.81. The fourth-order valence-electron chi connectivity index (χ4n) is 1.94. The van der Waals surface area contributed by atoms with E-state index >= 15 is 0 Å². The first-order valence-corrected chi connectivity index (χ1v) is 7.21. The van der Waals surface area contributed by atoms with Crippen LogP contribution in [0.3, 0.4) is 0 Å². The number of nitrogens with zero attached hydrogens (tertiary/aromatic N) is 3. The molecule has 0 radical (unpaired) electrons. The Morgan fingerprint density at radius 3 is 2.62 bits per heavy atom. The largest absolute Gasteiger partial charge is 0.497 e. The summed E-state index contributed by atoms with van der Waals surface area (Å²) in [5, 5.41) is 7.07. The highest BCUT2D eigenvalue weighted by atomic mass is 32.1. The van der Waals surface area contributed by atoms with E-state index < -0.39 is 0 Å². The molecule has 1 aromatic carbocycles. The molecule has 2 heterocycles. The van der Waals surface area contributed by atoms with Gasteiger partial charge in [-0.05, 0) is 24.3 Å². The molecular formula is C14H15N5OS. The molecule has 0 unspecified atom stereocenters. The Morgan fingerprint density at radius 2 is 2.00 bits per heavy atom. The number of hydrogen-bond donors (Lipinski definition) is 2. The molecule has 7 heteroatoms. The normalized spacial score (nSPS) is 10.7. The van der Waals surface area contributed by atoms with E-state index in [9.17, 15) is 0 Å². The number of nitrogens with two attached hydrogens (primary N) is 2. The first kappa shape index (κ1) is 13.4. The number of benzene rings is 1. The number of thiazole rings is 1. The molecule has 4 N–H and O–H groups in total. The van der Waals surface area contributed by atoms with Gasteiger partial charge in [0.05, 0.1) is 31.2 Å². The van der Waals surface area contributed by atoms with Crippen LogP contribution < -0.4 is 16.2 Å². The Morgan fingerprint density at radius 1 is 1.24 bits per heavy atom. The van der Waals surface area contributed by atoms with Crippen LogP contribution in [-0.4, -0.2) is 21.9 Å². The predicted molar refractivity (Wildman–Crippen MR) is 84.3 cm³/mol. The molecule has 0 aliphatic rings. The smallest absolute Gasteiger partial charge is 0.145 e. The van der Waals surface area contributed by atoms with Crippen molar-refractivity contribution in [3.05, 3.63) is 40.8 Å². The van der Waals surface area contributed by atoms with Gasteiger partial charge in [-0.3, -0.25) is 0 Å². The van der Waals surface area contributed by atoms with Crippen molar-refractivity contribution >= 4 is 22.8 Å². The number of hydrogen-bond acceptors (Lipinski definition) is 6. The second-order valence-electron chi connectivity index (χ2n) is 4.50. The van der Waals surface area contributed by atoms with E-state index in [1.165, 1.54) is 0 Å². The molecule has 3 aromatic rings. The van der Waals surface area contributed by atoms with Crippen LogP contribution in [0.25, 0.3) is 11.3 Å². The zero-order valence-electron chi connectivity index (χ0n) is 11.5. The Kier molecular flexibility index (Phi) is 3.49. The van der Waals surface area contributed by atoms with Crippen LogP contribution >= 0.6 is 11.3 Å². The lowest BCUT2D eigenvalue weighted by atomic mass is 10.2. The average molecular weight is 301 g/mol. The van der Waals surface area contributed by atoms with Crippen LogP contribution in [0.2, 0.25) is 0 Å². The van der Waals surface area contributed by atoms with Crippen molar-refractivity contribution in [1.29, 1.82) is 0 Å². The predicted octanol–water partition coefficient (Wildman–Crippen LogP) is 2.23. The van der Waals surface area contributed by atoms with Crippen LogP contribution in [0.4, 0.5) is 11.5 Å². The minimum atomic E-state index is 0.469. The van der Waals surface area contributed by atoms with Crippen molar-refractivity contribution in [2.24, 2.45) is 0 Å². The van der Waals surface area contributed by atoms with E-state index in [1.807, 2.05) is 29.6 Å². The third-order valence-corrected chi connectivity index (χ3v) is 3.97. The quantitative estimate of drug-likeness (QED) is 0.771. The topological polar surface area (TPSA) is 92.0 Å². The summed E-state index contributed by atoms with van der Waals surface area (Å²) in [6.45, 7) is 0.518. The zero-order valence-corrected chi connectivity index (χ0v) is 12.3. The second kappa shape index (κ2) is 5.45. The summed E-state index contributed by atoms with van der Waals surface area (Å²) in [5.74, 6) is 1.30. The van der Waals surface area contributed by atoms with Crippen molar-refractivity contribution in [3.63, 3.8) is 0 Å². The molecule has 3 rings (SSSR count). The highest BCUT2D eigenvalue weighted by molar-refractivity contribution is 7.09. The monoisotopic (exact) mass is 301 g/mol. The number of aromatic nitrogens is 3. The first-order chi connectivity index (χ1) is 10.2. The van der Waals surface area contributed by atoms with Crippen molar-refractivity contribution in [2.75, 3.05) is 18.6 Å². The van der Waals surface area contributed by atoms with E-state index in [2.05, 4.69) is 10.1 Å². The molecule has 108 valence electrons. The van der Waals surface area contributed by atoms with Crippen molar-refractivity contribution in [2.45, 2.75) is 6.54 Å². The molecule has 0 aliphatic heterocycles. The van der Waals surface area contributed by atoms with E-state index in [4.69, 9.17) is 16.2 Å². The minimum absolute atomic E-state index is 0.469. The van der Waals surface area contributed by atoms with Gasteiger partial charge >= 0.3 is 0 Å². The molecule has 0 aliphatic carbocycles. The second-order valence-corrected chi connectivity index (χ2v) is 5.44. The molecule has 0 saturated carbocycles. The van der Waals surface area contributed by atoms with Crippen LogP contribution in [0.15, 0.2) is 35.8 Å². The lowest BCUT2D eigenvalue weighted by molar-refractivity contribution is 0.415. The van der Waals surface area contributed by atoms with Gasteiger partial charge in [0.25, 0.3) is 0 Å². The number of nitrogen functional groups attached to an aromatic ring is 2. The number of anilines is 2. The first-order valence-electron chi connectivity index (χ1n) is 6.33. The van der Waals surface area contributed by atoms with E-state index in [0.29, 0.717) is 18.1 Å². The van der Waals surface area contributed by atoms with Gasteiger partial charge in [0.2, 0.25) is 0 Å². The molecule has 6 nitrogen and oxygen atoms in total. The van der Waals surface area contributed by atoms with Gasteiger partial charge in [-0.25, -0.2) is 9.67 Å². The molecule has 0 atom stereocenters. The Labute approximate surface area is 126 Å². The maximum Gasteiger partial charge on any atom is 0.145 e. The van der Waals surface area contributed by atoms with E-state index in [1.54, 1.807) is 29.3 Å². The minimum Gasteiger partial charge on any atom is -0.497 e. The molecular weight excluding hydrogens is 286 g/mol. The van der Waals surface area contributed by atoms with Gasteiger partial charge in [-0.1, -0.05) is 0 Å². The zero-order chi connectivity index (χ0) is 14.8. The molecule has 21 heavy (non-hydrogen) atoms. The van der Waals surface area contributed by atoms with Gasteiger partial charge in [-0.15, -0.1) is 11.3 Å². The van der Waals surface area contributed by atoms with Crippen LogP contribution in [-0.2, 0) is 6.54 Å². The van der Waals surface area contributed by atoms with Crippen molar-refractivity contribution < 1.29 is 4.74 Å².